The summed E-state index contributed by atoms with van der Waals surface area (Å²) >= 11 is 0. The van der Waals surface area contributed by atoms with Crippen LogP contribution in [0.4, 0.5) is 0 Å². The van der Waals surface area contributed by atoms with E-state index in [1.54, 1.807) is 4.68 Å². The van der Waals surface area contributed by atoms with Crippen LogP contribution in [0, 0.1) is 0 Å². The van der Waals surface area contributed by atoms with E-state index in [1.807, 2.05) is 13.1 Å². The summed E-state index contributed by atoms with van der Waals surface area (Å²) in [5.74, 6) is 1.25. The summed E-state index contributed by atoms with van der Waals surface area (Å²) in [5, 5.41) is 8.54. The van der Waals surface area contributed by atoms with E-state index >= 15 is 0 Å². The highest BCUT2D eigenvalue weighted by molar-refractivity contribution is 5.47. The number of aryl methyl sites for hydroxylation is 2. The first-order valence-electron chi connectivity index (χ1n) is 7.42. The van der Waals surface area contributed by atoms with E-state index in [0.29, 0.717) is 18.3 Å². The van der Waals surface area contributed by atoms with Crippen molar-refractivity contribution in [2.24, 2.45) is 7.05 Å². The van der Waals surface area contributed by atoms with E-state index in [4.69, 9.17) is 9.26 Å². The minimum atomic E-state index is 0.538. The molecule has 0 unspecified atom stereocenters. The first-order chi connectivity index (χ1) is 10.3. The molecule has 0 spiro atoms. The molecule has 21 heavy (non-hydrogen) atoms. The molecular weight excluding hydrogens is 270 g/mol. The summed E-state index contributed by atoms with van der Waals surface area (Å²) in [5.41, 5.74) is 1.93. The largest absolute Gasteiger partial charge is 0.379 e. The molecule has 7 heteroatoms. The van der Waals surface area contributed by atoms with Crippen molar-refractivity contribution in [3.63, 3.8) is 0 Å². The van der Waals surface area contributed by atoms with Gasteiger partial charge in [-0.05, 0) is 12.5 Å². The van der Waals surface area contributed by atoms with E-state index in [0.717, 1.165) is 50.5 Å². The minimum Gasteiger partial charge on any atom is -0.379 e. The van der Waals surface area contributed by atoms with Gasteiger partial charge in [-0.15, -0.1) is 0 Å². The van der Waals surface area contributed by atoms with Crippen LogP contribution in [0.5, 0.6) is 0 Å². The zero-order chi connectivity index (χ0) is 14.7. The quantitative estimate of drug-likeness (QED) is 0.826. The van der Waals surface area contributed by atoms with Crippen molar-refractivity contribution in [2.45, 2.75) is 26.3 Å². The highest BCUT2D eigenvalue weighted by Crippen LogP contribution is 2.19. The molecule has 0 radical (unpaired) electrons. The number of nitrogens with zero attached hydrogens (tertiary/aromatic N) is 5. The molecule has 0 N–H and O–H groups in total. The molecule has 0 atom stereocenters. The predicted octanol–water partition coefficient (Wildman–Crippen LogP) is 1.25. The predicted molar refractivity (Wildman–Crippen MR) is 76.6 cm³/mol. The molecule has 1 saturated heterocycles. The average Bonchev–Trinajstić information content (AvgIpc) is 3.07. The van der Waals surface area contributed by atoms with Crippen molar-refractivity contribution >= 4 is 0 Å². The standard InChI is InChI=1S/C14H21N5O2/c1-3-4-11-9-12(18(2)16-11)14-15-13(17-21-14)10-19-5-7-20-8-6-19/h9H,3-8,10H2,1-2H3. The van der Waals surface area contributed by atoms with Crippen LogP contribution < -0.4 is 0 Å². The van der Waals surface area contributed by atoms with Crippen molar-refractivity contribution < 1.29 is 9.26 Å². The second-order valence-electron chi connectivity index (χ2n) is 5.30. The van der Waals surface area contributed by atoms with Crippen molar-refractivity contribution in [2.75, 3.05) is 26.3 Å². The molecule has 0 aliphatic carbocycles. The van der Waals surface area contributed by atoms with Crippen LogP contribution in [0.1, 0.15) is 24.9 Å². The number of morpholine rings is 1. The minimum absolute atomic E-state index is 0.538. The Balaban J connectivity index is 1.71. The van der Waals surface area contributed by atoms with Crippen molar-refractivity contribution in [3.8, 4) is 11.6 Å². The Bertz CT molecular complexity index is 586. The number of hydrogen-bond donors (Lipinski definition) is 0. The van der Waals surface area contributed by atoms with E-state index in [1.165, 1.54) is 0 Å². The lowest BCUT2D eigenvalue weighted by molar-refractivity contribution is 0.0327. The molecule has 0 saturated carbocycles. The maximum atomic E-state index is 5.38. The van der Waals surface area contributed by atoms with Gasteiger partial charge < -0.3 is 9.26 Å². The SMILES string of the molecule is CCCc1cc(-c2nc(CN3CCOCC3)no2)n(C)n1. The average molecular weight is 291 g/mol. The second kappa shape index (κ2) is 6.36. The van der Waals surface area contributed by atoms with Gasteiger partial charge >= 0.3 is 0 Å². The summed E-state index contributed by atoms with van der Waals surface area (Å²) in [6, 6.07) is 2.02. The molecule has 3 rings (SSSR count). The lowest BCUT2D eigenvalue weighted by atomic mass is 10.2. The number of ether oxygens (including phenoxy) is 1. The Morgan fingerprint density at radius 2 is 2.10 bits per heavy atom. The van der Waals surface area contributed by atoms with Gasteiger partial charge in [-0.2, -0.15) is 10.1 Å². The van der Waals surface area contributed by atoms with Crippen LogP contribution >= 0.6 is 0 Å². The number of rotatable bonds is 5. The van der Waals surface area contributed by atoms with E-state index < -0.39 is 0 Å². The third-order valence-corrected chi connectivity index (χ3v) is 3.59. The van der Waals surface area contributed by atoms with Crippen molar-refractivity contribution in [3.05, 3.63) is 17.6 Å². The molecule has 2 aromatic rings. The molecule has 0 aromatic carbocycles. The van der Waals surface area contributed by atoms with Gasteiger partial charge in [0.1, 0.15) is 5.69 Å². The molecule has 0 bridgehead atoms. The monoisotopic (exact) mass is 291 g/mol. The van der Waals surface area contributed by atoms with Crippen LogP contribution in [0.15, 0.2) is 10.6 Å². The number of aromatic nitrogens is 4. The number of hydrogen-bond acceptors (Lipinski definition) is 6. The van der Waals surface area contributed by atoms with E-state index in [2.05, 4.69) is 27.1 Å². The summed E-state index contributed by atoms with van der Waals surface area (Å²) < 4.78 is 12.5. The summed E-state index contributed by atoms with van der Waals surface area (Å²) in [6.07, 6.45) is 2.03. The molecule has 1 aliphatic rings. The fourth-order valence-corrected chi connectivity index (χ4v) is 2.49. The van der Waals surface area contributed by atoms with Gasteiger partial charge in [0, 0.05) is 20.1 Å². The van der Waals surface area contributed by atoms with Crippen LogP contribution in [0.2, 0.25) is 0 Å². The van der Waals surface area contributed by atoms with Gasteiger partial charge in [-0.25, -0.2) is 0 Å². The fraction of sp³-hybridized carbons (Fsp3) is 0.643. The fourth-order valence-electron chi connectivity index (χ4n) is 2.49. The molecule has 7 nitrogen and oxygen atoms in total. The highest BCUT2D eigenvalue weighted by Gasteiger charge is 2.17. The Kier molecular flexibility index (Phi) is 4.31. The maximum absolute atomic E-state index is 5.38. The van der Waals surface area contributed by atoms with Gasteiger partial charge in [0.05, 0.1) is 25.5 Å². The molecule has 1 fully saturated rings. The van der Waals surface area contributed by atoms with Crippen LogP contribution in [-0.2, 0) is 24.8 Å². The van der Waals surface area contributed by atoms with Crippen LogP contribution in [0.25, 0.3) is 11.6 Å². The molecular formula is C14H21N5O2. The first-order valence-corrected chi connectivity index (χ1v) is 7.42. The molecule has 114 valence electrons. The topological polar surface area (TPSA) is 69.2 Å². The Hall–Kier alpha value is -1.73. The summed E-state index contributed by atoms with van der Waals surface area (Å²) in [7, 11) is 1.90. The van der Waals surface area contributed by atoms with Gasteiger partial charge in [-0.3, -0.25) is 9.58 Å². The summed E-state index contributed by atoms with van der Waals surface area (Å²) in [4.78, 5) is 6.76. The third-order valence-electron chi connectivity index (χ3n) is 3.59. The zero-order valence-electron chi connectivity index (χ0n) is 12.6. The van der Waals surface area contributed by atoms with Gasteiger partial charge in [-0.1, -0.05) is 18.5 Å². The van der Waals surface area contributed by atoms with Gasteiger partial charge in [0.15, 0.2) is 5.82 Å². The Labute approximate surface area is 123 Å². The van der Waals surface area contributed by atoms with Crippen LogP contribution in [-0.4, -0.2) is 51.1 Å². The normalized spacial score (nSPS) is 16.5. The Morgan fingerprint density at radius 3 is 2.86 bits per heavy atom. The lowest BCUT2D eigenvalue weighted by Crippen LogP contribution is -2.35. The van der Waals surface area contributed by atoms with Crippen molar-refractivity contribution in [1.82, 2.24) is 24.8 Å². The molecule has 2 aromatic heterocycles. The zero-order valence-corrected chi connectivity index (χ0v) is 12.6. The molecule has 0 amide bonds. The first kappa shape index (κ1) is 14.2. The van der Waals surface area contributed by atoms with Crippen molar-refractivity contribution in [1.29, 1.82) is 0 Å². The lowest BCUT2D eigenvalue weighted by Gasteiger charge is -2.24. The van der Waals surface area contributed by atoms with E-state index in [9.17, 15) is 0 Å². The molecule has 1 aliphatic heterocycles. The second-order valence-corrected chi connectivity index (χ2v) is 5.30. The van der Waals surface area contributed by atoms with Gasteiger partial charge in [0.25, 0.3) is 5.89 Å². The highest BCUT2D eigenvalue weighted by atomic mass is 16.5. The van der Waals surface area contributed by atoms with Crippen LogP contribution in [0.3, 0.4) is 0 Å². The summed E-state index contributed by atoms with van der Waals surface area (Å²) in [6.45, 7) is 6.21. The van der Waals surface area contributed by atoms with E-state index in [-0.39, 0.29) is 0 Å². The van der Waals surface area contributed by atoms with Gasteiger partial charge in [0.2, 0.25) is 0 Å². The Morgan fingerprint density at radius 1 is 1.29 bits per heavy atom. The smallest absolute Gasteiger partial charge is 0.276 e. The molecule has 3 heterocycles. The maximum Gasteiger partial charge on any atom is 0.276 e. The third kappa shape index (κ3) is 3.30.